The second-order valence-corrected chi connectivity index (χ2v) is 5.03. The number of carbonyl (C=O) groups excluding carboxylic acids is 1. The summed E-state index contributed by atoms with van der Waals surface area (Å²) in [6.45, 7) is 5.10. The number of Topliss-reactive ketones (excluding diaryl/α,β-unsaturated/α-hetero) is 1. The molecule has 0 spiro atoms. The molecule has 0 radical (unpaired) electrons. The van der Waals surface area contributed by atoms with Crippen molar-refractivity contribution in [2.75, 3.05) is 6.61 Å². The smallest absolute Gasteiger partial charge is 0.134 e. The molecular formula is C15H23NO2. The van der Waals surface area contributed by atoms with Gasteiger partial charge in [0.2, 0.25) is 0 Å². The van der Waals surface area contributed by atoms with E-state index in [2.05, 4.69) is 0 Å². The molecular weight excluding hydrogens is 226 g/mol. The molecule has 0 aromatic heterocycles. The number of ether oxygens (including phenoxy) is 1. The average molecular weight is 249 g/mol. The second-order valence-electron chi connectivity index (χ2n) is 5.03. The van der Waals surface area contributed by atoms with E-state index in [-0.39, 0.29) is 17.7 Å². The van der Waals surface area contributed by atoms with Gasteiger partial charge in [0, 0.05) is 25.5 Å². The molecule has 3 heteroatoms. The first-order chi connectivity index (χ1) is 8.58. The van der Waals surface area contributed by atoms with Gasteiger partial charge in [0.25, 0.3) is 0 Å². The van der Waals surface area contributed by atoms with Crippen LogP contribution in [0.5, 0.6) is 0 Å². The second kappa shape index (κ2) is 8.01. The quantitative estimate of drug-likeness (QED) is 0.770. The molecule has 100 valence electrons. The lowest BCUT2D eigenvalue weighted by Crippen LogP contribution is -2.21. The summed E-state index contributed by atoms with van der Waals surface area (Å²) in [4.78, 5) is 11.6. The Morgan fingerprint density at radius 1 is 1.22 bits per heavy atom. The van der Waals surface area contributed by atoms with Gasteiger partial charge in [-0.2, -0.15) is 0 Å². The Hall–Kier alpha value is -1.19. The first-order valence-electron chi connectivity index (χ1n) is 6.47. The Morgan fingerprint density at radius 3 is 2.50 bits per heavy atom. The predicted molar refractivity (Wildman–Crippen MR) is 73.2 cm³/mol. The highest BCUT2D eigenvalue weighted by molar-refractivity contribution is 5.79. The number of hydrogen-bond acceptors (Lipinski definition) is 3. The van der Waals surface area contributed by atoms with Crippen molar-refractivity contribution in [1.29, 1.82) is 0 Å². The van der Waals surface area contributed by atoms with Crippen LogP contribution in [0.4, 0.5) is 0 Å². The minimum absolute atomic E-state index is 0.0464. The van der Waals surface area contributed by atoms with Gasteiger partial charge in [-0.3, -0.25) is 4.79 Å². The fraction of sp³-hybridized carbons (Fsp3) is 0.533. The molecule has 1 rings (SSSR count). The van der Waals surface area contributed by atoms with E-state index in [1.807, 2.05) is 44.2 Å². The van der Waals surface area contributed by atoms with Crippen LogP contribution in [-0.4, -0.2) is 18.4 Å². The maximum Gasteiger partial charge on any atom is 0.134 e. The van der Waals surface area contributed by atoms with E-state index in [0.717, 1.165) is 5.56 Å². The average Bonchev–Trinajstić information content (AvgIpc) is 2.29. The van der Waals surface area contributed by atoms with Gasteiger partial charge >= 0.3 is 0 Å². The van der Waals surface area contributed by atoms with Crippen LogP contribution in [0.3, 0.4) is 0 Å². The third kappa shape index (κ3) is 6.52. The molecule has 0 heterocycles. The molecule has 0 bridgehead atoms. The first kappa shape index (κ1) is 14.9. The van der Waals surface area contributed by atoms with E-state index < -0.39 is 0 Å². The molecule has 18 heavy (non-hydrogen) atoms. The van der Waals surface area contributed by atoms with E-state index in [4.69, 9.17) is 10.5 Å². The van der Waals surface area contributed by atoms with Gasteiger partial charge in [-0.25, -0.2) is 0 Å². The van der Waals surface area contributed by atoms with E-state index >= 15 is 0 Å². The topological polar surface area (TPSA) is 52.3 Å². The summed E-state index contributed by atoms with van der Waals surface area (Å²) >= 11 is 0. The molecule has 0 amide bonds. The van der Waals surface area contributed by atoms with Gasteiger partial charge in [0.1, 0.15) is 5.78 Å². The van der Waals surface area contributed by atoms with Gasteiger partial charge in [0.15, 0.2) is 0 Å². The van der Waals surface area contributed by atoms with Gasteiger partial charge in [-0.15, -0.1) is 0 Å². The zero-order valence-electron chi connectivity index (χ0n) is 11.3. The van der Waals surface area contributed by atoms with Crippen molar-refractivity contribution in [2.24, 2.45) is 11.7 Å². The molecule has 0 saturated heterocycles. The highest BCUT2D eigenvalue weighted by Crippen LogP contribution is 2.08. The number of carbonyl (C=O) groups is 1. The van der Waals surface area contributed by atoms with Gasteiger partial charge < -0.3 is 10.5 Å². The van der Waals surface area contributed by atoms with Crippen LogP contribution >= 0.6 is 0 Å². The number of benzene rings is 1. The summed E-state index contributed by atoms with van der Waals surface area (Å²) in [6.07, 6.45) is 1.01. The zero-order chi connectivity index (χ0) is 13.4. The Labute approximate surface area is 109 Å². The van der Waals surface area contributed by atoms with Crippen LogP contribution in [0.1, 0.15) is 32.3 Å². The van der Waals surface area contributed by atoms with E-state index in [0.29, 0.717) is 26.1 Å². The standard InChI is InChI=1S/C15H23NO2/c1-12(8-15(17)9-13(2)16)10-18-11-14-6-4-3-5-7-14/h3-7,12-13H,8-11,16H2,1-2H3. The zero-order valence-corrected chi connectivity index (χ0v) is 11.3. The Morgan fingerprint density at radius 2 is 1.89 bits per heavy atom. The summed E-state index contributed by atoms with van der Waals surface area (Å²) in [7, 11) is 0. The number of rotatable bonds is 8. The van der Waals surface area contributed by atoms with Crippen LogP contribution in [0, 0.1) is 5.92 Å². The molecule has 2 unspecified atom stereocenters. The lowest BCUT2D eigenvalue weighted by atomic mass is 10.0. The SMILES string of the molecule is CC(N)CC(=O)CC(C)COCc1ccccc1. The predicted octanol–water partition coefficient (Wildman–Crippen LogP) is 2.54. The summed E-state index contributed by atoms with van der Waals surface area (Å²) in [5, 5.41) is 0. The highest BCUT2D eigenvalue weighted by Gasteiger charge is 2.11. The number of hydrogen-bond donors (Lipinski definition) is 1. The van der Waals surface area contributed by atoms with Crippen LogP contribution in [0.2, 0.25) is 0 Å². The summed E-state index contributed by atoms with van der Waals surface area (Å²) in [6, 6.07) is 9.99. The maximum absolute atomic E-state index is 11.6. The number of ketones is 1. The lowest BCUT2D eigenvalue weighted by molar-refractivity contribution is -0.120. The molecule has 0 aliphatic rings. The van der Waals surface area contributed by atoms with Crippen LogP contribution in [-0.2, 0) is 16.1 Å². The molecule has 0 aliphatic carbocycles. The van der Waals surface area contributed by atoms with Crippen molar-refractivity contribution in [1.82, 2.24) is 0 Å². The number of nitrogens with two attached hydrogens (primary N) is 1. The van der Waals surface area contributed by atoms with Crippen molar-refractivity contribution < 1.29 is 9.53 Å². The summed E-state index contributed by atoms with van der Waals surface area (Å²) in [5.41, 5.74) is 6.75. The van der Waals surface area contributed by atoms with Crippen molar-refractivity contribution in [2.45, 2.75) is 39.3 Å². The third-order valence-corrected chi connectivity index (χ3v) is 2.64. The first-order valence-corrected chi connectivity index (χ1v) is 6.47. The molecule has 3 nitrogen and oxygen atoms in total. The van der Waals surface area contributed by atoms with E-state index in [1.165, 1.54) is 0 Å². The van der Waals surface area contributed by atoms with Gasteiger partial charge in [-0.1, -0.05) is 37.3 Å². The Balaban J connectivity index is 2.17. The van der Waals surface area contributed by atoms with Crippen LogP contribution in [0.15, 0.2) is 30.3 Å². The van der Waals surface area contributed by atoms with Crippen molar-refractivity contribution in [3.63, 3.8) is 0 Å². The third-order valence-electron chi connectivity index (χ3n) is 2.64. The van der Waals surface area contributed by atoms with Crippen LogP contribution in [0.25, 0.3) is 0 Å². The summed E-state index contributed by atoms with van der Waals surface area (Å²) < 4.78 is 5.60. The largest absolute Gasteiger partial charge is 0.376 e. The summed E-state index contributed by atoms with van der Waals surface area (Å²) in [5.74, 6) is 0.473. The van der Waals surface area contributed by atoms with E-state index in [1.54, 1.807) is 0 Å². The van der Waals surface area contributed by atoms with Gasteiger partial charge in [0.05, 0.1) is 6.61 Å². The maximum atomic E-state index is 11.6. The molecule has 2 atom stereocenters. The molecule has 1 aromatic carbocycles. The van der Waals surface area contributed by atoms with Gasteiger partial charge in [-0.05, 0) is 18.4 Å². The molecule has 0 saturated carbocycles. The molecule has 1 aromatic rings. The van der Waals surface area contributed by atoms with Crippen molar-refractivity contribution in [3.05, 3.63) is 35.9 Å². The van der Waals surface area contributed by atoms with Crippen molar-refractivity contribution in [3.8, 4) is 0 Å². The normalized spacial score (nSPS) is 14.2. The molecule has 2 N–H and O–H groups in total. The van der Waals surface area contributed by atoms with E-state index in [9.17, 15) is 4.79 Å². The minimum atomic E-state index is -0.0464. The monoisotopic (exact) mass is 249 g/mol. The Kier molecular flexibility index (Phi) is 6.61. The fourth-order valence-electron chi connectivity index (χ4n) is 1.84. The molecule has 0 aliphatic heterocycles. The Bertz CT molecular complexity index is 349. The van der Waals surface area contributed by atoms with Crippen LogP contribution < -0.4 is 5.73 Å². The van der Waals surface area contributed by atoms with Crippen molar-refractivity contribution >= 4 is 5.78 Å². The minimum Gasteiger partial charge on any atom is -0.376 e. The fourth-order valence-corrected chi connectivity index (χ4v) is 1.84. The highest BCUT2D eigenvalue weighted by atomic mass is 16.5. The lowest BCUT2D eigenvalue weighted by Gasteiger charge is -2.12. The molecule has 0 fully saturated rings.